The first-order chi connectivity index (χ1) is 14.8. The monoisotopic (exact) mass is 466 g/mol. The van der Waals surface area contributed by atoms with Crippen LogP contribution in [0.15, 0.2) is 29.6 Å². The Labute approximate surface area is 190 Å². The zero-order valence-electron chi connectivity index (χ0n) is 17.8. The smallest absolute Gasteiger partial charge is 0.255 e. The highest BCUT2D eigenvalue weighted by molar-refractivity contribution is 7.13. The molecule has 0 aliphatic heterocycles. The molecule has 8 nitrogen and oxygen atoms in total. The average Bonchev–Trinajstić information content (AvgIpc) is 3.13. The van der Waals surface area contributed by atoms with E-state index >= 15 is 0 Å². The second kappa shape index (κ2) is 12.4. The lowest BCUT2D eigenvalue weighted by Crippen LogP contribution is -2.40. The fourth-order valence-corrected chi connectivity index (χ4v) is 3.71. The quantitative estimate of drug-likeness (QED) is 0.496. The molecule has 0 unspecified atom stereocenters. The molecule has 2 N–H and O–H groups in total. The Bertz CT molecular complexity index is 903. The summed E-state index contributed by atoms with van der Waals surface area (Å²) in [4.78, 5) is 43.1. The molecule has 0 aliphatic carbocycles. The fraction of sp³-hybridized carbons (Fsp3) is 0.429. The van der Waals surface area contributed by atoms with E-state index in [1.165, 1.54) is 16.2 Å². The molecule has 0 fully saturated rings. The Hall–Kier alpha value is -2.49. The zero-order chi connectivity index (χ0) is 22.8. The summed E-state index contributed by atoms with van der Waals surface area (Å²) >= 11 is 7.38. The first-order valence-corrected chi connectivity index (χ1v) is 11.1. The molecule has 1 heterocycles. The van der Waals surface area contributed by atoms with Gasteiger partial charge in [0.05, 0.1) is 29.3 Å². The summed E-state index contributed by atoms with van der Waals surface area (Å²) in [6.45, 7) is 5.07. The van der Waals surface area contributed by atoms with E-state index in [1.807, 2.05) is 13.8 Å². The molecule has 0 bridgehead atoms. The first kappa shape index (κ1) is 24.8. The van der Waals surface area contributed by atoms with Crippen LogP contribution in [0.1, 0.15) is 29.9 Å². The highest BCUT2D eigenvalue weighted by Crippen LogP contribution is 2.19. The Balaban J connectivity index is 1.97. The Morgan fingerprint density at radius 2 is 1.97 bits per heavy atom. The van der Waals surface area contributed by atoms with Crippen molar-refractivity contribution < 1.29 is 19.1 Å². The number of thiazole rings is 1. The van der Waals surface area contributed by atoms with Crippen molar-refractivity contribution in [3.63, 3.8) is 0 Å². The molecule has 0 saturated carbocycles. The van der Waals surface area contributed by atoms with Gasteiger partial charge in [-0.2, -0.15) is 0 Å². The van der Waals surface area contributed by atoms with Gasteiger partial charge in [-0.25, -0.2) is 4.98 Å². The van der Waals surface area contributed by atoms with Crippen molar-refractivity contribution in [2.24, 2.45) is 5.92 Å². The minimum atomic E-state index is -0.369. The van der Waals surface area contributed by atoms with Crippen LogP contribution in [-0.2, 0) is 20.7 Å². The maximum Gasteiger partial charge on any atom is 0.255 e. The number of nitrogens with zero attached hydrogens (tertiary/aromatic N) is 2. The van der Waals surface area contributed by atoms with Gasteiger partial charge in [-0.05, 0) is 18.1 Å². The van der Waals surface area contributed by atoms with E-state index in [4.69, 9.17) is 16.3 Å². The number of anilines is 1. The molecular weight excluding hydrogens is 440 g/mol. The highest BCUT2D eigenvalue weighted by atomic mass is 35.5. The van der Waals surface area contributed by atoms with Crippen molar-refractivity contribution in [3.05, 3.63) is 45.9 Å². The van der Waals surface area contributed by atoms with Crippen molar-refractivity contribution in [3.8, 4) is 0 Å². The number of amides is 3. The van der Waals surface area contributed by atoms with E-state index in [0.717, 1.165) is 0 Å². The first-order valence-electron chi connectivity index (χ1n) is 9.83. The minimum absolute atomic E-state index is 0.112. The molecule has 10 heteroatoms. The molecule has 0 atom stereocenters. The van der Waals surface area contributed by atoms with E-state index in [2.05, 4.69) is 15.6 Å². The van der Waals surface area contributed by atoms with Gasteiger partial charge in [0.1, 0.15) is 6.54 Å². The van der Waals surface area contributed by atoms with Gasteiger partial charge in [0.2, 0.25) is 11.8 Å². The normalized spacial score (nSPS) is 10.7. The molecule has 0 aliphatic rings. The van der Waals surface area contributed by atoms with Crippen LogP contribution in [0.5, 0.6) is 0 Å². The summed E-state index contributed by atoms with van der Waals surface area (Å²) in [5.41, 5.74) is 0.912. The summed E-state index contributed by atoms with van der Waals surface area (Å²) in [5.74, 6) is -0.676. The van der Waals surface area contributed by atoms with Crippen molar-refractivity contribution in [2.75, 3.05) is 38.7 Å². The van der Waals surface area contributed by atoms with Crippen molar-refractivity contribution in [1.82, 2.24) is 15.2 Å². The van der Waals surface area contributed by atoms with Gasteiger partial charge >= 0.3 is 0 Å². The van der Waals surface area contributed by atoms with E-state index in [9.17, 15) is 14.4 Å². The summed E-state index contributed by atoms with van der Waals surface area (Å²) in [6, 6.07) is 6.76. The van der Waals surface area contributed by atoms with Gasteiger partial charge in [0.15, 0.2) is 5.13 Å². The third kappa shape index (κ3) is 8.28. The Morgan fingerprint density at radius 3 is 2.65 bits per heavy atom. The summed E-state index contributed by atoms with van der Waals surface area (Å²) in [6.07, 6.45) is 0.112. The topological polar surface area (TPSA) is 101 Å². The summed E-state index contributed by atoms with van der Waals surface area (Å²) in [5, 5.41) is 7.85. The van der Waals surface area contributed by atoms with Gasteiger partial charge in [-0.15, -0.1) is 11.3 Å². The maximum atomic E-state index is 12.9. The fourth-order valence-electron chi connectivity index (χ4n) is 2.76. The van der Waals surface area contributed by atoms with Crippen LogP contribution >= 0.6 is 22.9 Å². The molecular formula is C21H27ClN4O4S. The molecule has 2 aromatic rings. The Morgan fingerprint density at radius 1 is 1.23 bits per heavy atom. The number of nitrogens with one attached hydrogen (secondary N) is 2. The van der Waals surface area contributed by atoms with Crippen molar-refractivity contribution in [2.45, 2.75) is 20.3 Å². The van der Waals surface area contributed by atoms with Crippen LogP contribution in [0.3, 0.4) is 0 Å². The third-order valence-corrected chi connectivity index (χ3v) is 5.22. The number of ether oxygens (including phenoxy) is 1. The molecule has 1 aromatic carbocycles. The summed E-state index contributed by atoms with van der Waals surface area (Å²) in [7, 11) is 1.56. The van der Waals surface area contributed by atoms with E-state index in [-0.39, 0.29) is 36.6 Å². The van der Waals surface area contributed by atoms with E-state index in [0.29, 0.717) is 41.1 Å². The largest absolute Gasteiger partial charge is 0.383 e. The van der Waals surface area contributed by atoms with Crippen LogP contribution < -0.4 is 10.6 Å². The second-order valence-electron chi connectivity index (χ2n) is 7.27. The molecule has 0 saturated heterocycles. The highest BCUT2D eigenvalue weighted by Gasteiger charge is 2.22. The minimum Gasteiger partial charge on any atom is -0.383 e. The number of carbonyl (C=O) groups is 3. The van der Waals surface area contributed by atoms with Crippen LogP contribution in [-0.4, -0.2) is 61.0 Å². The number of carbonyl (C=O) groups excluding carboxylic acids is 3. The molecule has 0 radical (unpaired) electrons. The predicted octanol–water partition coefficient (Wildman–Crippen LogP) is 2.84. The lowest BCUT2D eigenvalue weighted by atomic mass is 10.1. The standard InChI is InChI=1S/C21H27ClN4O4S/c1-14(2)11-26(20(29)16-6-4-5-7-17(16)22)12-19(28)25-21-24-15(13-31-21)10-18(27)23-8-9-30-3/h4-7,13-14H,8-12H2,1-3H3,(H,23,27)(H,24,25,28). The third-order valence-electron chi connectivity index (χ3n) is 4.08. The van der Waals surface area contributed by atoms with Crippen molar-refractivity contribution >= 4 is 45.8 Å². The molecule has 0 spiro atoms. The Kier molecular flexibility index (Phi) is 9.90. The number of rotatable bonds is 11. The average molecular weight is 467 g/mol. The van der Waals surface area contributed by atoms with Gasteiger partial charge in [-0.1, -0.05) is 37.6 Å². The van der Waals surface area contributed by atoms with Crippen LogP contribution in [0.2, 0.25) is 5.02 Å². The molecule has 31 heavy (non-hydrogen) atoms. The lowest BCUT2D eigenvalue weighted by molar-refractivity contribution is -0.120. The second-order valence-corrected chi connectivity index (χ2v) is 8.54. The van der Waals surface area contributed by atoms with Crippen molar-refractivity contribution in [1.29, 1.82) is 0 Å². The number of benzene rings is 1. The van der Waals surface area contributed by atoms with Gasteiger partial charge in [0.25, 0.3) is 5.91 Å². The number of aromatic nitrogens is 1. The number of methoxy groups -OCH3 is 1. The van der Waals surface area contributed by atoms with E-state index < -0.39 is 0 Å². The van der Waals surface area contributed by atoms with Crippen LogP contribution in [0.25, 0.3) is 0 Å². The zero-order valence-corrected chi connectivity index (χ0v) is 19.4. The number of hydrogen-bond acceptors (Lipinski definition) is 6. The van der Waals surface area contributed by atoms with Crippen LogP contribution in [0, 0.1) is 5.92 Å². The van der Waals surface area contributed by atoms with E-state index in [1.54, 1.807) is 36.8 Å². The van der Waals surface area contributed by atoms with Gasteiger partial charge < -0.3 is 20.3 Å². The number of halogens is 1. The van der Waals surface area contributed by atoms with Crippen LogP contribution in [0.4, 0.5) is 5.13 Å². The van der Waals surface area contributed by atoms with Gasteiger partial charge in [-0.3, -0.25) is 14.4 Å². The number of hydrogen-bond donors (Lipinski definition) is 2. The van der Waals surface area contributed by atoms with Gasteiger partial charge in [0, 0.05) is 25.6 Å². The molecule has 1 aromatic heterocycles. The maximum absolute atomic E-state index is 12.9. The lowest BCUT2D eigenvalue weighted by Gasteiger charge is -2.24. The SMILES string of the molecule is COCCNC(=O)Cc1csc(NC(=O)CN(CC(C)C)C(=O)c2ccccc2Cl)n1. The summed E-state index contributed by atoms with van der Waals surface area (Å²) < 4.78 is 4.89. The molecule has 2 rings (SSSR count). The predicted molar refractivity (Wildman–Crippen MR) is 122 cm³/mol. The molecule has 3 amide bonds. The molecule has 168 valence electrons.